The van der Waals surface area contributed by atoms with Crippen LogP contribution in [0.25, 0.3) is 0 Å². The van der Waals surface area contributed by atoms with Gasteiger partial charge in [0.05, 0.1) is 6.54 Å². The van der Waals surface area contributed by atoms with Crippen LogP contribution in [0.5, 0.6) is 0 Å². The third-order valence-electron chi connectivity index (χ3n) is 6.07. The fraction of sp³-hybridized carbons (Fsp3) is 0.875. The summed E-state index contributed by atoms with van der Waals surface area (Å²) < 4.78 is 0. The minimum atomic E-state index is -0.359. The largest absolute Gasteiger partial charge is 0.342 e. The van der Waals surface area contributed by atoms with Crippen LogP contribution in [0.2, 0.25) is 0 Å². The summed E-state index contributed by atoms with van der Waals surface area (Å²) in [7, 11) is 0. The molecule has 2 amide bonds. The summed E-state index contributed by atoms with van der Waals surface area (Å²) in [5.41, 5.74) is -0.214. The van der Waals surface area contributed by atoms with Gasteiger partial charge in [-0.2, -0.15) is 0 Å². The molecule has 3 saturated carbocycles. The van der Waals surface area contributed by atoms with Crippen molar-refractivity contribution in [2.24, 2.45) is 29.1 Å². The molecular weight excluding hydrogens is 252 g/mol. The number of hydrogen-bond acceptors (Lipinski definition) is 2. The number of rotatable bonds is 1. The highest BCUT2D eigenvalue weighted by Crippen LogP contribution is 2.67. The number of carbonyl (C=O) groups excluding carboxylic acids is 2. The van der Waals surface area contributed by atoms with Crippen LogP contribution in [0.4, 0.5) is 0 Å². The van der Waals surface area contributed by atoms with Gasteiger partial charge in [0.2, 0.25) is 11.8 Å². The van der Waals surface area contributed by atoms with E-state index in [2.05, 4.69) is 5.32 Å². The second kappa shape index (κ2) is 3.77. The summed E-state index contributed by atoms with van der Waals surface area (Å²) >= 11 is 0. The summed E-state index contributed by atoms with van der Waals surface area (Å²) in [5, 5.41) is 2.89. The molecule has 1 aliphatic heterocycles. The van der Waals surface area contributed by atoms with Crippen molar-refractivity contribution < 1.29 is 9.59 Å². The third-order valence-corrected chi connectivity index (χ3v) is 6.07. The first-order valence-corrected chi connectivity index (χ1v) is 7.98. The fourth-order valence-corrected chi connectivity index (χ4v) is 5.20. The second-order valence-corrected chi connectivity index (χ2v) is 8.31. The van der Waals surface area contributed by atoms with E-state index in [1.54, 1.807) is 0 Å². The van der Waals surface area contributed by atoms with Crippen LogP contribution in [0, 0.1) is 29.1 Å². The first-order valence-electron chi connectivity index (χ1n) is 7.98. The average Bonchev–Trinajstić information content (AvgIpc) is 2.78. The molecule has 5 unspecified atom stereocenters. The van der Waals surface area contributed by atoms with Crippen LogP contribution in [-0.2, 0) is 9.59 Å². The minimum absolute atomic E-state index is 0.0156. The van der Waals surface area contributed by atoms with Gasteiger partial charge in [-0.25, -0.2) is 0 Å². The van der Waals surface area contributed by atoms with E-state index in [-0.39, 0.29) is 29.8 Å². The molecule has 4 fully saturated rings. The molecule has 2 bridgehead atoms. The fourth-order valence-electron chi connectivity index (χ4n) is 5.20. The van der Waals surface area contributed by atoms with Crippen LogP contribution < -0.4 is 5.32 Å². The van der Waals surface area contributed by atoms with E-state index in [0.717, 1.165) is 11.8 Å². The number of carbonyl (C=O) groups is 2. The molecule has 4 aliphatic rings. The lowest BCUT2D eigenvalue weighted by atomic mass is 9.84. The Morgan fingerprint density at radius 2 is 1.70 bits per heavy atom. The van der Waals surface area contributed by atoms with Gasteiger partial charge < -0.3 is 10.2 Å². The average molecular weight is 276 g/mol. The number of amides is 2. The zero-order valence-electron chi connectivity index (χ0n) is 12.6. The van der Waals surface area contributed by atoms with Gasteiger partial charge >= 0.3 is 0 Å². The molecule has 5 atom stereocenters. The van der Waals surface area contributed by atoms with E-state index >= 15 is 0 Å². The number of fused-ring (bicyclic) bond motifs is 5. The predicted octanol–water partition coefficient (Wildman–Crippen LogP) is 1.40. The summed E-state index contributed by atoms with van der Waals surface area (Å²) in [6.45, 7) is 6.35. The summed E-state index contributed by atoms with van der Waals surface area (Å²) in [6, 6.07) is 0.0207. The first-order chi connectivity index (χ1) is 9.38. The maximum atomic E-state index is 12.8. The highest BCUT2D eigenvalue weighted by molar-refractivity contribution is 5.95. The molecule has 1 saturated heterocycles. The number of nitrogens with one attached hydrogen (secondary N) is 1. The van der Waals surface area contributed by atoms with E-state index in [9.17, 15) is 9.59 Å². The summed E-state index contributed by atoms with van der Waals surface area (Å²) in [5.74, 6) is 3.26. The minimum Gasteiger partial charge on any atom is -0.342 e. The maximum absolute atomic E-state index is 12.8. The third kappa shape index (κ3) is 1.60. The van der Waals surface area contributed by atoms with Crippen molar-refractivity contribution in [1.82, 2.24) is 10.2 Å². The molecular formula is C16H24N2O2. The maximum Gasteiger partial charge on any atom is 0.246 e. The van der Waals surface area contributed by atoms with Crippen LogP contribution in [0.15, 0.2) is 0 Å². The van der Waals surface area contributed by atoms with Gasteiger partial charge in [0.25, 0.3) is 0 Å². The first kappa shape index (κ1) is 12.7. The van der Waals surface area contributed by atoms with Gasteiger partial charge in [0.1, 0.15) is 6.04 Å². The number of nitrogens with zero attached hydrogens (tertiary/aromatic N) is 1. The lowest BCUT2D eigenvalue weighted by molar-refractivity contribution is -0.148. The molecule has 4 nitrogen and oxygen atoms in total. The summed E-state index contributed by atoms with van der Waals surface area (Å²) in [6.07, 6.45) is 4.07. The molecule has 1 N–H and O–H groups in total. The zero-order valence-corrected chi connectivity index (χ0v) is 12.6. The van der Waals surface area contributed by atoms with Crippen LogP contribution in [0.1, 0.15) is 40.0 Å². The molecule has 0 aromatic heterocycles. The topological polar surface area (TPSA) is 49.4 Å². The van der Waals surface area contributed by atoms with Crippen molar-refractivity contribution in [3.05, 3.63) is 0 Å². The van der Waals surface area contributed by atoms with E-state index in [0.29, 0.717) is 17.9 Å². The highest BCUT2D eigenvalue weighted by Gasteiger charge is 2.68. The standard InChI is InChI=1S/C16H24N2O2/c1-16(2,3)14-15(20)18(7-10(19)17-14)13-11-8-4-5-9(6-8)12(11)13/h8-9,11-14H,4-7H2,1-3H3,(H,17,19). The Hall–Kier alpha value is -1.06. The van der Waals surface area contributed by atoms with Gasteiger partial charge in [-0.3, -0.25) is 9.59 Å². The van der Waals surface area contributed by atoms with E-state index in [4.69, 9.17) is 0 Å². The Morgan fingerprint density at radius 3 is 2.25 bits per heavy atom. The Balaban J connectivity index is 1.57. The van der Waals surface area contributed by atoms with Gasteiger partial charge in [0.15, 0.2) is 0 Å². The Kier molecular flexibility index (Phi) is 2.39. The van der Waals surface area contributed by atoms with Crippen LogP contribution in [0.3, 0.4) is 0 Å². The molecule has 0 spiro atoms. The van der Waals surface area contributed by atoms with Crippen molar-refractivity contribution in [1.29, 1.82) is 0 Å². The molecule has 110 valence electrons. The second-order valence-electron chi connectivity index (χ2n) is 8.31. The van der Waals surface area contributed by atoms with Crippen LogP contribution >= 0.6 is 0 Å². The smallest absolute Gasteiger partial charge is 0.246 e. The molecule has 3 aliphatic carbocycles. The normalized spacial score (nSPS) is 46.5. The number of hydrogen-bond donors (Lipinski definition) is 1. The number of piperazine rings is 1. The van der Waals surface area contributed by atoms with Crippen molar-refractivity contribution in [3.8, 4) is 0 Å². The van der Waals surface area contributed by atoms with Gasteiger partial charge in [-0.1, -0.05) is 20.8 Å². The zero-order chi connectivity index (χ0) is 14.2. The molecule has 4 heteroatoms. The quantitative estimate of drug-likeness (QED) is 0.787. The van der Waals surface area contributed by atoms with Crippen molar-refractivity contribution in [3.63, 3.8) is 0 Å². The van der Waals surface area contributed by atoms with E-state index in [1.165, 1.54) is 19.3 Å². The van der Waals surface area contributed by atoms with Gasteiger partial charge in [-0.05, 0) is 48.3 Å². The Bertz CT molecular complexity index is 465. The van der Waals surface area contributed by atoms with Crippen molar-refractivity contribution in [2.45, 2.75) is 52.1 Å². The SMILES string of the molecule is CC(C)(C)C1NC(=O)CN(C2C3C4CCC(C4)C32)C1=O. The molecule has 0 radical (unpaired) electrons. The van der Waals surface area contributed by atoms with Gasteiger partial charge in [-0.15, -0.1) is 0 Å². The highest BCUT2D eigenvalue weighted by atomic mass is 16.2. The molecule has 4 rings (SSSR count). The monoisotopic (exact) mass is 276 g/mol. The van der Waals surface area contributed by atoms with Crippen LogP contribution in [-0.4, -0.2) is 35.3 Å². The van der Waals surface area contributed by atoms with Gasteiger partial charge in [0, 0.05) is 6.04 Å². The molecule has 0 aromatic carbocycles. The molecule has 20 heavy (non-hydrogen) atoms. The molecule has 1 heterocycles. The summed E-state index contributed by atoms with van der Waals surface area (Å²) in [4.78, 5) is 26.7. The Morgan fingerprint density at radius 1 is 1.10 bits per heavy atom. The van der Waals surface area contributed by atoms with Crippen molar-refractivity contribution in [2.75, 3.05) is 6.54 Å². The Labute approximate surface area is 120 Å². The van der Waals surface area contributed by atoms with E-state index < -0.39 is 0 Å². The predicted molar refractivity (Wildman–Crippen MR) is 74.7 cm³/mol. The van der Waals surface area contributed by atoms with E-state index in [1.807, 2.05) is 25.7 Å². The van der Waals surface area contributed by atoms with Crippen molar-refractivity contribution >= 4 is 11.8 Å². The molecule has 0 aromatic rings. The lowest BCUT2D eigenvalue weighted by Gasteiger charge is -2.40. The lowest BCUT2D eigenvalue weighted by Crippen LogP contribution is -2.63.